The minimum Gasteiger partial charge on any atom is -0.410 e. The summed E-state index contributed by atoms with van der Waals surface area (Å²) in [7, 11) is -1.82. The van der Waals surface area contributed by atoms with Crippen molar-refractivity contribution in [3.63, 3.8) is 0 Å². The molecular weight excluding hydrogens is 597 g/mol. The Labute approximate surface area is 298 Å². The summed E-state index contributed by atoms with van der Waals surface area (Å²) in [4.78, 5) is 0. The summed E-state index contributed by atoms with van der Waals surface area (Å²) < 4.78 is 6.88. The van der Waals surface area contributed by atoms with Crippen LogP contribution in [-0.2, 0) is 4.43 Å². The van der Waals surface area contributed by atoms with Gasteiger partial charge in [0.05, 0.1) is 6.10 Å². The zero-order valence-electron chi connectivity index (χ0n) is 33.6. The summed E-state index contributed by atoms with van der Waals surface area (Å²) in [6.07, 6.45) is 39.6. The number of hydrogen-bond donors (Lipinski definition) is 0. The Morgan fingerprint density at radius 2 is 1.19 bits per heavy atom. The topological polar surface area (TPSA) is 9.23 Å². The van der Waals surface area contributed by atoms with E-state index in [0.717, 1.165) is 25.7 Å². The lowest BCUT2D eigenvalue weighted by Crippen LogP contribution is -2.45. The predicted molar refractivity (Wildman–Crippen MR) is 221 cm³/mol. The summed E-state index contributed by atoms with van der Waals surface area (Å²) in [6.45, 7) is 33.8. The van der Waals surface area contributed by atoms with Gasteiger partial charge in [-0.3, -0.25) is 0 Å². The third-order valence-electron chi connectivity index (χ3n) is 9.52. The zero-order valence-corrected chi connectivity index (χ0v) is 34.6. The predicted octanol–water partition coefficient (Wildman–Crippen LogP) is 14.8. The van der Waals surface area contributed by atoms with Crippen LogP contribution < -0.4 is 0 Å². The molecule has 0 fully saturated rings. The van der Waals surface area contributed by atoms with E-state index >= 15 is 0 Å². The van der Waals surface area contributed by atoms with Crippen molar-refractivity contribution in [2.45, 2.75) is 140 Å². The number of rotatable bonds is 15. The van der Waals surface area contributed by atoms with Crippen molar-refractivity contribution in [2.24, 2.45) is 5.41 Å². The van der Waals surface area contributed by atoms with Gasteiger partial charge in [-0.15, -0.1) is 0 Å². The van der Waals surface area contributed by atoms with Crippen LogP contribution in [0.25, 0.3) is 0 Å². The Kier molecular flexibility index (Phi) is 18.4. The van der Waals surface area contributed by atoms with Gasteiger partial charge in [0.25, 0.3) is 0 Å². The van der Waals surface area contributed by atoms with Crippen molar-refractivity contribution in [2.75, 3.05) is 0 Å². The van der Waals surface area contributed by atoms with Crippen LogP contribution in [-0.4, -0.2) is 14.4 Å². The van der Waals surface area contributed by atoms with Crippen LogP contribution in [0.2, 0.25) is 18.1 Å². The molecule has 264 valence electrons. The van der Waals surface area contributed by atoms with Crippen LogP contribution in [0.4, 0.5) is 0 Å². The number of hydrogen-bond acceptors (Lipinski definition) is 1. The summed E-state index contributed by atoms with van der Waals surface area (Å²) in [6, 6.07) is 0. The molecule has 0 bridgehead atoms. The van der Waals surface area contributed by atoms with Gasteiger partial charge in [-0.25, -0.2) is 0 Å². The fourth-order valence-electron chi connectivity index (χ4n) is 5.18. The van der Waals surface area contributed by atoms with Crippen molar-refractivity contribution in [3.8, 4) is 0 Å². The van der Waals surface area contributed by atoms with Gasteiger partial charge in [0.15, 0.2) is 8.32 Å². The van der Waals surface area contributed by atoms with E-state index in [1.165, 1.54) is 44.6 Å². The van der Waals surface area contributed by atoms with Crippen LogP contribution in [0, 0.1) is 5.41 Å². The molecule has 0 aromatic rings. The molecular formula is C46H70OSi. The Morgan fingerprint density at radius 3 is 1.67 bits per heavy atom. The second kappa shape index (κ2) is 20.5. The van der Waals surface area contributed by atoms with Crippen molar-refractivity contribution in [3.05, 3.63) is 142 Å². The van der Waals surface area contributed by atoms with E-state index in [2.05, 4.69) is 200 Å². The van der Waals surface area contributed by atoms with Gasteiger partial charge in [-0.1, -0.05) is 165 Å². The minimum absolute atomic E-state index is 0.160. The molecule has 0 saturated carbocycles. The quantitative estimate of drug-likeness (QED) is 0.0960. The Balaban J connectivity index is 2.77. The standard InChI is InChI=1S/C46H70OSi/c1-36(2)22-18-25-39(5)28-20-30-40(6)29-19-26-37(3)23-16-17-24-38(4)27-21-31-41(7)32-33-43-42(8)44(34-35-46(43,12)13)47-48(14,15)45(9,10)11/h16-17,19-24,26-33,44H,18,25,34-35H2,1-15H3/b17-16+,26-19+,27-21+,30-20+,33-32+,37-23+,38-24+,39-28+,40-29+,41-31+/t44-/m1/s1. The highest BCUT2D eigenvalue weighted by molar-refractivity contribution is 6.74. The molecule has 0 aromatic heterocycles. The molecule has 0 saturated heterocycles. The third-order valence-corrected chi connectivity index (χ3v) is 14.0. The Morgan fingerprint density at radius 1 is 0.729 bits per heavy atom. The van der Waals surface area contributed by atoms with Crippen LogP contribution >= 0.6 is 0 Å². The minimum atomic E-state index is -1.82. The van der Waals surface area contributed by atoms with Crippen LogP contribution in [0.5, 0.6) is 0 Å². The van der Waals surface area contributed by atoms with Gasteiger partial charge in [-0.05, 0) is 116 Å². The molecule has 0 heterocycles. The van der Waals surface area contributed by atoms with Crippen LogP contribution in [0.15, 0.2) is 142 Å². The van der Waals surface area contributed by atoms with E-state index in [0.29, 0.717) is 0 Å². The lowest BCUT2D eigenvalue weighted by molar-refractivity contribution is 0.168. The number of allylic oxidation sites excluding steroid dienone is 23. The lowest BCUT2D eigenvalue weighted by atomic mass is 9.71. The maximum atomic E-state index is 6.88. The largest absolute Gasteiger partial charge is 0.410 e. The van der Waals surface area contributed by atoms with E-state index in [1.54, 1.807) is 0 Å². The van der Waals surface area contributed by atoms with Crippen LogP contribution in [0.1, 0.15) is 116 Å². The van der Waals surface area contributed by atoms with Crippen molar-refractivity contribution in [1.29, 1.82) is 0 Å². The molecule has 1 aliphatic rings. The van der Waals surface area contributed by atoms with Crippen LogP contribution in [0.3, 0.4) is 0 Å². The molecule has 1 aliphatic carbocycles. The first kappa shape index (κ1) is 43.1. The van der Waals surface area contributed by atoms with Crippen molar-refractivity contribution < 1.29 is 4.43 Å². The normalized spacial score (nSPS) is 19.7. The molecule has 0 spiro atoms. The van der Waals surface area contributed by atoms with Gasteiger partial charge in [0, 0.05) is 0 Å². The van der Waals surface area contributed by atoms with Crippen molar-refractivity contribution >= 4 is 8.32 Å². The van der Waals surface area contributed by atoms with Gasteiger partial charge in [-0.2, -0.15) is 0 Å². The second-order valence-electron chi connectivity index (χ2n) is 16.2. The smallest absolute Gasteiger partial charge is 0.192 e. The molecule has 0 amide bonds. The van der Waals surface area contributed by atoms with Gasteiger partial charge >= 0.3 is 0 Å². The van der Waals surface area contributed by atoms with E-state index in [4.69, 9.17) is 4.43 Å². The first-order valence-corrected chi connectivity index (χ1v) is 20.9. The summed E-state index contributed by atoms with van der Waals surface area (Å²) >= 11 is 0. The van der Waals surface area contributed by atoms with E-state index in [1.807, 2.05) is 0 Å². The molecule has 1 nitrogen and oxygen atoms in total. The molecule has 1 atom stereocenters. The van der Waals surface area contributed by atoms with Gasteiger partial charge in [0.1, 0.15) is 0 Å². The lowest BCUT2D eigenvalue weighted by Gasteiger charge is -2.44. The molecule has 1 rings (SSSR count). The third kappa shape index (κ3) is 16.9. The van der Waals surface area contributed by atoms with Gasteiger partial charge in [0.2, 0.25) is 0 Å². The second-order valence-corrected chi connectivity index (χ2v) is 20.9. The Bertz CT molecular complexity index is 1420. The highest BCUT2D eigenvalue weighted by Gasteiger charge is 2.41. The first-order chi connectivity index (χ1) is 22.2. The van der Waals surface area contributed by atoms with Gasteiger partial charge < -0.3 is 4.43 Å². The highest BCUT2D eigenvalue weighted by Crippen LogP contribution is 2.45. The average Bonchev–Trinajstić information content (AvgIpc) is 2.96. The first-order valence-electron chi connectivity index (χ1n) is 18.0. The Hall–Kier alpha value is -2.94. The molecule has 0 aliphatic heterocycles. The molecule has 48 heavy (non-hydrogen) atoms. The summed E-state index contributed by atoms with van der Waals surface area (Å²) in [5.74, 6) is 0. The maximum Gasteiger partial charge on any atom is 0.192 e. The fraction of sp³-hybridized carbons (Fsp3) is 0.478. The zero-order chi connectivity index (χ0) is 36.5. The highest BCUT2D eigenvalue weighted by atomic mass is 28.4. The van der Waals surface area contributed by atoms with Crippen molar-refractivity contribution in [1.82, 2.24) is 0 Å². The van der Waals surface area contributed by atoms with E-state index in [-0.39, 0.29) is 16.6 Å². The van der Waals surface area contributed by atoms with E-state index in [9.17, 15) is 0 Å². The molecule has 0 N–H and O–H groups in total. The fourth-order valence-corrected chi connectivity index (χ4v) is 6.54. The molecule has 0 unspecified atom stereocenters. The SMILES string of the molecule is CC(C)=CCC/C(C)=C/C=C/C(C)=C/C=C/C(C)=C/C=C/C=C(C)/C=C/C=C(C)/C=C/C1=C(C)[C@H](O[Si](C)(C)C(C)(C)C)CCC1(C)C. The maximum absolute atomic E-state index is 6.88. The van der Waals surface area contributed by atoms with E-state index < -0.39 is 8.32 Å². The summed E-state index contributed by atoms with van der Waals surface area (Å²) in [5.41, 5.74) is 10.7. The molecule has 0 radical (unpaired) electrons. The average molecular weight is 667 g/mol. The summed E-state index contributed by atoms with van der Waals surface area (Å²) in [5, 5.41) is 0.217. The monoisotopic (exact) mass is 667 g/mol. The molecule has 0 aromatic carbocycles. The molecule has 2 heteroatoms.